The van der Waals surface area contributed by atoms with E-state index in [4.69, 9.17) is 21.1 Å². The van der Waals surface area contributed by atoms with Crippen LogP contribution in [0, 0.1) is 6.92 Å². The van der Waals surface area contributed by atoms with Gasteiger partial charge < -0.3 is 19.9 Å². The maximum Gasteiger partial charge on any atom is 0.337 e. The van der Waals surface area contributed by atoms with E-state index in [1.165, 1.54) is 0 Å². The minimum Gasteiger partial charge on any atom is -0.478 e. The lowest BCUT2D eigenvalue weighted by atomic mass is 10.0. The van der Waals surface area contributed by atoms with Gasteiger partial charge in [-0.2, -0.15) is 0 Å². The molecule has 1 aliphatic rings. The molecule has 26 heavy (non-hydrogen) atoms. The second-order valence-electron chi connectivity index (χ2n) is 6.84. The molecule has 1 atom stereocenters. The molecule has 0 aliphatic carbocycles. The summed E-state index contributed by atoms with van der Waals surface area (Å²) in [5, 5.41) is 13.5. The molecule has 1 saturated heterocycles. The largest absolute Gasteiger partial charge is 0.478 e. The van der Waals surface area contributed by atoms with E-state index in [-0.39, 0.29) is 11.7 Å². The van der Waals surface area contributed by atoms with Gasteiger partial charge in [0.05, 0.1) is 24.0 Å². The number of para-hydroxylation sites is 1. The Hall–Kier alpha value is -2.08. The van der Waals surface area contributed by atoms with Crippen LogP contribution in [0.3, 0.4) is 0 Å². The van der Waals surface area contributed by atoms with Crippen molar-refractivity contribution in [3.63, 3.8) is 0 Å². The molecule has 0 aromatic heterocycles. The molecule has 2 aromatic rings. The molecule has 5 nitrogen and oxygen atoms in total. The van der Waals surface area contributed by atoms with Gasteiger partial charge in [0.1, 0.15) is 0 Å². The Balaban J connectivity index is 1.96. The molecule has 2 N–H and O–H groups in total. The van der Waals surface area contributed by atoms with Crippen LogP contribution in [0.2, 0.25) is 5.02 Å². The summed E-state index contributed by atoms with van der Waals surface area (Å²) in [6.45, 7) is 6.11. The lowest BCUT2D eigenvalue weighted by molar-refractivity contribution is -0.138. The van der Waals surface area contributed by atoms with Crippen molar-refractivity contribution >= 4 is 28.9 Å². The quantitative estimate of drug-likeness (QED) is 0.786. The number of carboxylic acids is 1. The zero-order valence-corrected chi connectivity index (χ0v) is 15.8. The van der Waals surface area contributed by atoms with Gasteiger partial charge in [0.15, 0.2) is 5.79 Å². The maximum absolute atomic E-state index is 11.7. The molecule has 1 unspecified atom stereocenters. The highest BCUT2D eigenvalue weighted by Gasteiger charge is 2.33. The Kier molecular flexibility index (Phi) is 5.23. The predicted octanol–water partition coefficient (Wildman–Crippen LogP) is 4.78. The van der Waals surface area contributed by atoms with Gasteiger partial charge in [0.25, 0.3) is 0 Å². The van der Waals surface area contributed by atoms with Crippen LogP contribution in [0.1, 0.15) is 35.3 Å². The summed E-state index contributed by atoms with van der Waals surface area (Å²) < 4.78 is 11.5. The van der Waals surface area contributed by atoms with E-state index in [0.29, 0.717) is 23.7 Å². The van der Waals surface area contributed by atoms with Gasteiger partial charge in [-0.25, -0.2) is 4.79 Å². The van der Waals surface area contributed by atoms with Crippen LogP contribution >= 0.6 is 11.6 Å². The number of aromatic carboxylic acids is 1. The third-order valence-electron chi connectivity index (χ3n) is 4.42. The van der Waals surface area contributed by atoms with Crippen molar-refractivity contribution in [1.29, 1.82) is 0 Å². The first kappa shape index (κ1) is 18.7. The molecule has 0 saturated carbocycles. The smallest absolute Gasteiger partial charge is 0.337 e. The average molecular weight is 376 g/mol. The van der Waals surface area contributed by atoms with Crippen LogP contribution in [0.5, 0.6) is 0 Å². The number of hydrogen-bond donors (Lipinski definition) is 2. The molecule has 1 heterocycles. The molecule has 0 spiro atoms. The molecule has 3 rings (SSSR count). The molecular weight excluding hydrogens is 354 g/mol. The van der Waals surface area contributed by atoms with Crippen LogP contribution < -0.4 is 5.32 Å². The van der Waals surface area contributed by atoms with E-state index in [9.17, 15) is 9.90 Å². The van der Waals surface area contributed by atoms with E-state index in [1.54, 1.807) is 18.2 Å². The fraction of sp³-hybridized carbons (Fsp3) is 0.350. The first-order chi connectivity index (χ1) is 12.3. The summed E-state index contributed by atoms with van der Waals surface area (Å²) in [6, 6.07) is 10.8. The van der Waals surface area contributed by atoms with E-state index in [1.807, 2.05) is 39.0 Å². The first-order valence-corrected chi connectivity index (χ1v) is 8.84. The Morgan fingerprint density at radius 2 is 2.04 bits per heavy atom. The van der Waals surface area contributed by atoms with Gasteiger partial charge in [-0.15, -0.1) is 0 Å². The van der Waals surface area contributed by atoms with E-state index >= 15 is 0 Å². The van der Waals surface area contributed by atoms with Crippen LogP contribution in [-0.4, -0.2) is 29.6 Å². The highest BCUT2D eigenvalue weighted by Crippen LogP contribution is 2.32. The minimum atomic E-state index is -0.988. The lowest BCUT2D eigenvalue weighted by Gasteiger charge is -2.20. The molecule has 2 aromatic carbocycles. The number of anilines is 2. The number of nitrogens with one attached hydrogen (secondary N) is 1. The Morgan fingerprint density at radius 1 is 1.31 bits per heavy atom. The maximum atomic E-state index is 11.7. The molecule has 138 valence electrons. The molecule has 6 heteroatoms. The molecule has 1 aliphatic heterocycles. The summed E-state index contributed by atoms with van der Waals surface area (Å²) in [7, 11) is 0. The SMILES string of the molecule is Cc1c(Cl)cccc1Nc1c(CC2COC(C)(C)O2)cccc1C(=O)O. The third-order valence-corrected chi connectivity index (χ3v) is 4.83. The molecule has 0 amide bonds. The van der Waals surface area contributed by atoms with Crippen molar-refractivity contribution in [1.82, 2.24) is 0 Å². The fourth-order valence-electron chi connectivity index (χ4n) is 3.08. The van der Waals surface area contributed by atoms with Gasteiger partial charge in [-0.3, -0.25) is 0 Å². The fourth-order valence-corrected chi connectivity index (χ4v) is 3.26. The zero-order valence-electron chi connectivity index (χ0n) is 15.0. The van der Waals surface area contributed by atoms with Gasteiger partial charge in [-0.1, -0.05) is 29.8 Å². The molecule has 0 bridgehead atoms. The van der Waals surface area contributed by atoms with Crippen LogP contribution in [0.25, 0.3) is 0 Å². The highest BCUT2D eigenvalue weighted by atomic mass is 35.5. The average Bonchev–Trinajstić information content (AvgIpc) is 2.91. The lowest BCUT2D eigenvalue weighted by Crippen LogP contribution is -2.22. The Bertz CT molecular complexity index is 835. The summed E-state index contributed by atoms with van der Waals surface area (Å²) in [5.74, 6) is -1.61. The summed E-state index contributed by atoms with van der Waals surface area (Å²) in [4.78, 5) is 11.7. The van der Waals surface area contributed by atoms with Crippen molar-refractivity contribution in [2.24, 2.45) is 0 Å². The van der Waals surface area contributed by atoms with Crippen LogP contribution in [0.15, 0.2) is 36.4 Å². The van der Waals surface area contributed by atoms with E-state index in [0.717, 1.165) is 16.8 Å². The Labute approximate surface area is 157 Å². The summed E-state index contributed by atoms with van der Waals surface area (Å²) >= 11 is 6.20. The van der Waals surface area contributed by atoms with E-state index in [2.05, 4.69) is 5.32 Å². The minimum absolute atomic E-state index is 0.130. The molecule has 1 fully saturated rings. The monoisotopic (exact) mass is 375 g/mol. The van der Waals surface area contributed by atoms with Crippen molar-refractivity contribution in [2.45, 2.75) is 39.1 Å². The highest BCUT2D eigenvalue weighted by molar-refractivity contribution is 6.31. The first-order valence-electron chi connectivity index (χ1n) is 8.46. The van der Waals surface area contributed by atoms with E-state index < -0.39 is 11.8 Å². The third kappa shape index (κ3) is 4.01. The molecular formula is C20H22ClNO4. The summed E-state index contributed by atoms with van der Waals surface area (Å²) in [5.41, 5.74) is 3.26. The van der Waals surface area contributed by atoms with Crippen molar-refractivity contribution in [2.75, 3.05) is 11.9 Å². The second kappa shape index (κ2) is 7.27. The normalized spacial score (nSPS) is 18.7. The predicted molar refractivity (Wildman–Crippen MR) is 101 cm³/mol. The summed E-state index contributed by atoms with van der Waals surface area (Å²) in [6.07, 6.45) is 0.419. The Morgan fingerprint density at radius 3 is 2.69 bits per heavy atom. The molecule has 0 radical (unpaired) electrons. The van der Waals surface area contributed by atoms with Crippen LogP contribution in [-0.2, 0) is 15.9 Å². The number of carbonyl (C=O) groups is 1. The van der Waals surface area contributed by atoms with Crippen molar-refractivity contribution < 1.29 is 19.4 Å². The van der Waals surface area contributed by atoms with Crippen LogP contribution in [0.4, 0.5) is 11.4 Å². The topological polar surface area (TPSA) is 67.8 Å². The van der Waals surface area contributed by atoms with Gasteiger partial charge in [-0.05, 0) is 50.1 Å². The number of halogens is 1. The zero-order chi connectivity index (χ0) is 18.9. The number of carboxylic acid groups (broad SMARTS) is 1. The second-order valence-corrected chi connectivity index (χ2v) is 7.24. The number of rotatable bonds is 5. The number of benzene rings is 2. The van der Waals surface area contributed by atoms with Crippen molar-refractivity contribution in [3.8, 4) is 0 Å². The van der Waals surface area contributed by atoms with Gasteiger partial charge in [0, 0.05) is 17.1 Å². The van der Waals surface area contributed by atoms with Gasteiger partial charge in [0.2, 0.25) is 0 Å². The van der Waals surface area contributed by atoms with Gasteiger partial charge >= 0.3 is 5.97 Å². The standard InChI is InChI=1S/C20H22ClNO4/c1-12-16(21)8-5-9-17(12)22-18-13(6-4-7-15(18)19(23)24)10-14-11-25-20(2,3)26-14/h4-9,14,22H,10-11H2,1-3H3,(H,23,24). The number of ether oxygens (including phenoxy) is 2. The van der Waals surface area contributed by atoms with Crippen molar-refractivity contribution in [3.05, 3.63) is 58.1 Å². The number of hydrogen-bond acceptors (Lipinski definition) is 4.